The molecule has 21 heavy (non-hydrogen) atoms. The molecule has 0 atom stereocenters. The highest BCUT2D eigenvalue weighted by molar-refractivity contribution is 7.15. The van der Waals surface area contributed by atoms with E-state index in [0.717, 1.165) is 32.3 Å². The lowest BCUT2D eigenvalue weighted by atomic mass is 10.0. The van der Waals surface area contributed by atoms with Crippen molar-refractivity contribution in [3.05, 3.63) is 35.0 Å². The van der Waals surface area contributed by atoms with Crippen LogP contribution in [-0.2, 0) is 0 Å². The topological polar surface area (TPSA) is 74.2 Å². The van der Waals surface area contributed by atoms with Crippen molar-refractivity contribution in [1.29, 1.82) is 0 Å². The summed E-state index contributed by atoms with van der Waals surface area (Å²) in [6.07, 6.45) is 1.78. The van der Waals surface area contributed by atoms with Gasteiger partial charge in [-0.2, -0.15) is 0 Å². The quantitative estimate of drug-likeness (QED) is 0.799. The Morgan fingerprint density at radius 3 is 2.76 bits per heavy atom. The van der Waals surface area contributed by atoms with Crippen LogP contribution in [0, 0.1) is 13.8 Å². The second-order valence-electron chi connectivity index (χ2n) is 4.70. The van der Waals surface area contributed by atoms with Crippen molar-refractivity contribution < 1.29 is 9.26 Å². The number of hydrogen-bond acceptors (Lipinski definition) is 6. The summed E-state index contributed by atoms with van der Waals surface area (Å²) in [5.41, 5.74) is 9.42. The number of ether oxygens (including phenoxy) is 1. The van der Waals surface area contributed by atoms with Crippen molar-refractivity contribution in [3.8, 4) is 27.4 Å². The van der Waals surface area contributed by atoms with E-state index in [1.807, 2.05) is 32.0 Å². The monoisotopic (exact) mass is 301 g/mol. The zero-order valence-corrected chi connectivity index (χ0v) is 12.8. The molecule has 0 saturated carbocycles. The fourth-order valence-corrected chi connectivity index (χ4v) is 2.96. The first-order valence-corrected chi connectivity index (χ1v) is 7.24. The molecule has 6 heteroatoms. The molecule has 0 aliphatic heterocycles. The summed E-state index contributed by atoms with van der Waals surface area (Å²) in [5.74, 6) is 1.10. The number of thiazole rings is 1. The van der Waals surface area contributed by atoms with Crippen molar-refractivity contribution in [2.24, 2.45) is 0 Å². The summed E-state index contributed by atoms with van der Waals surface area (Å²) in [6, 6.07) is 5.91. The lowest BCUT2D eigenvalue weighted by Crippen LogP contribution is -1.90. The van der Waals surface area contributed by atoms with Crippen molar-refractivity contribution >= 4 is 17.2 Å². The predicted octanol–water partition coefficient (Wildman–Crippen LogP) is 3.67. The minimum Gasteiger partial charge on any atom is -0.496 e. The number of anilines is 1. The molecule has 0 unspecified atom stereocenters. The Bertz CT molecular complexity index is 792. The molecule has 0 amide bonds. The molecule has 108 valence electrons. The molecule has 5 nitrogen and oxygen atoms in total. The van der Waals surface area contributed by atoms with Crippen LogP contribution in [0.5, 0.6) is 5.75 Å². The fourth-order valence-electron chi connectivity index (χ4n) is 2.20. The number of methoxy groups -OCH3 is 1. The van der Waals surface area contributed by atoms with Gasteiger partial charge in [0.15, 0.2) is 0 Å². The van der Waals surface area contributed by atoms with Gasteiger partial charge in [0.25, 0.3) is 0 Å². The van der Waals surface area contributed by atoms with Crippen LogP contribution in [0.3, 0.4) is 0 Å². The molecule has 1 aromatic carbocycles. The van der Waals surface area contributed by atoms with Gasteiger partial charge in [-0.3, -0.25) is 0 Å². The Kier molecular flexibility index (Phi) is 3.39. The lowest BCUT2D eigenvalue weighted by molar-refractivity contribution is 0.412. The Labute approximate surface area is 126 Å². The van der Waals surface area contributed by atoms with Gasteiger partial charge in [0, 0.05) is 6.20 Å². The third kappa shape index (κ3) is 2.38. The minimum atomic E-state index is 0.293. The van der Waals surface area contributed by atoms with Crippen LogP contribution in [0.4, 0.5) is 5.88 Å². The maximum Gasteiger partial charge on any atom is 0.230 e. The molecule has 0 saturated heterocycles. The first kappa shape index (κ1) is 13.6. The average Bonchev–Trinajstić information content (AvgIpc) is 3.05. The Hall–Kier alpha value is -2.34. The largest absolute Gasteiger partial charge is 0.496 e. The number of benzene rings is 1. The molecule has 2 aromatic heterocycles. The molecule has 2 heterocycles. The van der Waals surface area contributed by atoms with Crippen LogP contribution in [0.1, 0.15) is 10.6 Å². The number of nitrogens with zero attached hydrogens (tertiary/aromatic N) is 2. The Balaban J connectivity index is 2.17. The number of nitrogen functional groups attached to an aromatic ring is 1. The molecule has 0 aliphatic carbocycles. The number of aromatic nitrogens is 2. The summed E-state index contributed by atoms with van der Waals surface area (Å²) >= 11 is 1.56. The van der Waals surface area contributed by atoms with Crippen LogP contribution < -0.4 is 10.5 Å². The van der Waals surface area contributed by atoms with Crippen LogP contribution >= 0.6 is 11.3 Å². The van der Waals surface area contributed by atoms with E-state index in [4.69, 9.17) is 15.0 Å². The standard InChI is InChI=1S/C15H15N3O2S/c1-8-4-5-10(6-11(8)19-3)13-14(18-20-15(13)16)12-7-17-9(2)21-12/h4-7H,16H2,1-3H3. The van der Waals surface area contributed by atoms with Crippen molar-refractivity contribution in [2.45, 2.75) is 13.8 Å². The van der Waals surface area contributed by atoms with E-state index < -0.39 is 0 Å². The van der Waals surface area contributed by atoms with Crippen molar-refractivity contribution in [2.75, 3.05) is 12.8 Å². The summed E-state index contributed by atoms with van der Waals surface area (Å²) < 4.78 is 10.6. The van der Waals surface area contributed by atoms with E-state index in [9.17, 15) is 0 Å². The molecule has 0 fully saturated rings. The SMILES string of the molecule is COc1cc(-c2c(-c3cnc(C)s3)noc2N)ccc1C. The molecular weight excluding hydrogens is 286 g/mol. The van der Waals surface area contributed by atoms with Gasteiger partial charge in [-0.05, 0) is 31.0 Å². The smallest absolute Gasteiger partial charge is 0.230 e. The first-order chi connectivity index (χ1) is 10.1. The second kappa shape index (κ2) is 5.21. The van der Waals surface area contributed by atoms with Gasteiger partial charge < -0.3 is 15.0 Å². The summed E-state index contributed by atoms with van der Waals surface area (Å²) in [4.78, 5) is 5.19. The minimum absolute atomic E-state index is 0.293. The zero-order chi connectivity index (χ0) is 15.0. The summed E-state index contributed by atoms with van der Waals surface area (Å²) in [5, 5.41) is 5.05. The van der Waals surface area contributed by atoms with E-state index in [-0.39, 0.29) is 0 Å². The highest BCUT2D eigenvalue weighted by Gasteiger charge is 2.19. The number of aryl methyl sites for hydroxylation is 2. The van der Waals surface area contributed by atoms with Crippen molar-refractivity contribution in [1.82, 2.24) is 10.1 Å². The number of hydrogen-bond donors (Lipinski definition) is 1. The van der Waals surface area contributed by atoms with Gasteiger partial charge in [0.05, 0.1) is 22.6 Å². The van der Waals surface area contributed by atoms with Crippen molar-refractivity contribution in [3.63, 3.8) is 0 Å². The molecular formula is C15H15N3O2S. The third-order valence-electron chi connectivity index (χ3n) is 3.27. The normalized spacial score (nSPS) is 10.8. The van der Waals surface area contributed by atoms with Crippen LogP contribution in [-0.4, -0.2) is 17.3 Å². The molecule has 3 aromatic rings. The lowest BCUT2D eigenvalue weighted by Gasteiger charge is -2.07. The van der Waals surface area contributed by atoms with Crippen LogP contribution in [0.2, 0.25) is 0 Å². The fraction of sp³-hybridized carbons (Fsp3) is 0.200. The zero-order valence-electron chi connectivity index (χ0n) is 12.0. The van der Waals surface area contributed by atoms with Gasteiger partial charge in [0.1, 0.15) is 11.4 Å². The molecule has 2 N–H and O–H groups in total. The van der Waals surface area contributed by atoms with E-state index in [2.05, 4.69) is 10.1 Å². The third-order valence-corrected chi connectivity index (χ3v) is 4.19. The average molecular weight is 301 g/mol. The first-order valence-electron chi connectivity index (χ1n) is 6.43. The van der Waals surface area contributed by atoms with E-state index in [1.165, 1.54) is 0 Å². The molecule has 0 spiro atoms. The Morgan fingerprint density at radius 1 is 1.29 bits per heavy atom. The predicted molar refractivity (Wildman–Crippen MR) is 83.5 cm³/mol. The van der Waals surface area contributed by atoms with E-state index >= 15 is 0 Å². The highest BCUT2D eigenvalue weighted by Crippen LogP contribution is 2.39. The maximum atomic E-state index is 5.96. The molecule has 0 bridgehead atoms. The van der Waals surface area contributed by atoms with Gasteiger partial charge in [-0.1, -0.05) is 17.3 Å². The molecule has 3 rings (SSSR count). The maximum absolute atomic E-state index is 5.96. The van der Waals surface area contributed by atoms with Crippen LogP contribution in [0.25, 0.3) is 21.7 Å². The van der Waals surface area contributed by atoms with Gasteiger partial charge >= 0.3 is 0 Å². The number of nitrogens with two attached hydrogens (primary N) is 1. The summed E-state index contributed by atoms with van der Waals surface area (Å²) in [6.45, 7) is 3.94. The Morgan fingerprint density at radius 2 is 2.10 bits per heavy atom. The van der Waals surface area contributed by atoms with E-state index in [0.29, 0.717) is 11.6 Å². The summed E-state index contributed by atoms with van der Waals surface area (Å²) in [7, 11) is 1.65. The molecule has 0 radical (unpaired) electrons. The van der Waals surface area contributed by atoms with Gasteiger partial charge in [-0.25, -0.2) is 4.98 Å². The second-order valence-corrected chi connectivity index (χ2v) is 5.93. The van der Waals surface area contributed by atoms with Gasteiger partial charge in [0.2, 0.25) is 5.88 Å². The van der Waals surface area contributed by atoms with Gasteiger partial charge in [-0.15, -0.1) is 11.3 Å². The van der Waals surface area contributed by atoms with Crippen LogP contribution in [0.15, 0.2) is 28.9 Å². The van der Waals surface area contributed by atoms with E-state index in [1.54, 1.807) is 24.6 Å². The molecule has 0 aliphatic rings. The number of rotatable bonds is 3. The highest BCUT2D eigenvalue weighted by atomic mass is 32.1.